The normalized spacial score (nSPS) is 11.0. The Morgan fingerprint density at radius 2 is 1.91 bits per heavy atom. The van der Waals surface area contributed by atoms with E-state index in [1.807, 2.05) is 38.1 Å². The van der Waals surface area contributed by atoms with Gasteiger partial charge in [-0.15, -0.1) is 11.3 Å². The van der Waals surface area contributed by atoms with E-state index in [0.29, 0.717) is 28.0 Å². The molecule has 2 aromatic heterocycles. The first-order valence-electron chi connectivity index (χ1n) is 10.2. The molecule has 2 aromatic carbocycles. The lowest BCUT2D eigenvalue weighted by Crippen LogP contribution is -2.15. The summed E-state index contributed by atoms with van der Waals surface area (Å²) in [6, 6.07) is 14.9. The number of carbonyl (C=O) groups excluding carboxylic acids is 1. The number of nitrogens with zero attached hydrogens (tertiary/aromatic N) is 1. The van der Waals surface area contributed by atoms with Crippen LogP contribution in [0.5, 0.6) is 0 Å². The van der Waals surface area contributed by atoms with Crippen molar-refractivity contribution in [3.05, 3.63) is 80.7 Å². The zero-order valence-corrected chi connectivity index (χ0v) is 18.6. The van der Waals surface area contributed by atoms with Crippen LogP contribution in [0.15, 0.2) is 53.3 Å². The first-order valence-corrected chi connectivity index (χ1v) is 11.0. The lowest BCUT2D eigenvalue weighted by molar-refractivity contribution is 0.0463. The van der Waals surface area contributed by atoms with Gasteiger partial charge in [-0.05, 0) is 31.5 Å². The lowest BCUT2D eigenvalue weighted by atomic mass is 10.0. The van der Waals surface area contributed by atoms with E-state index >= 15 is 0 Å². The molecule has 0 saturated heterocycles. The molecule has 0 aliphatic rings. The third-order valence-electron chi connectivity index (χ3n) is 5.04. The Hall–Kier alpha value is -3.49. The van der Waals surface area contributed by atoms with Crippen LogP contribution in [0.2, 0.25) is 0 Å². The summed E-state index contributed by atoms with van der Waals surface area (Å²) in [5.74, 6) is -0.259. The van der Waals surface area contributed by atoms with Gasteiger partial charge in [0.2, 0.25) is 0 Å². The Balaban J connectivity index is 1.59. The highest BCUT2D eigenvalue weighted by molar-refractivity contribution is 7.19. The van der Waals surface area contributed by atoms with Crippen molar-refractivity contribution >= 4 is 33.2 Å². The van der Waals surface area contributed by atoms with E-state index in [2.05, 4.69) is 15.3 Å². The number of nitrogens with one attached hydrogen (secondary N) is 2. The van der Waals surface area contributed by atoms with Gasteiger partial charge in [-0.1, -0.05) is 42.0 Å². The second-order valence-corrected chi connectivity index (χ2v) is 8.57. The Morgan fingerprint density at radius 3 is 2.66 bits per heavy atom. The van der Waals surface area contributed by atoms with Crippen molar-refractivity contribution in [2.45, 2.75) is 20.5 Å². The van der Waals surface area contributed by atoms with Gasteiger partial charge in [-0.2, -0.15) is 0 Å². The number of aliphatic hydroxyl groups is 1. The van der Waals surface area contributed by atoms with Gasteiger partial charge >= 0.3 is 5.97 Å². The topological polar surface area (TPSA) is 104 Å². The van der Waals surface area contributed by atoms with Gasteiger partial charge in [-0.3, -0.25) is 4.79 Å². The molecule has 0 atom stereocenters. The Labute approximate surface area is 188 Å². The highest BCUT2D eigenvalue weighted by Crippen LogP contribution is 2.35. The van der Waals surface area contributed by atoms with Crippen molar-refractivity contribution in [2.75, 3.05) is 18.5 Å². The number of aryl methyl sites for hydroxylation is 2. The average Bonchev–Trinajstić information content (AvgIpc) is 3.13. The Kier molecular flexibility index (Phi) is 6.34. The van der Waals surface area contributed by atoms with Crippen molar-refractivity contribution in [1.82, 2.24) is 9.97 Å². The minimum atomic E-state index is -0.545. The number of hydrogen-bond acceptors (Lipinski definition) is 7. The van der Waals surface area contributed by atoms with Crippen LogP contribution in [0, 0.1) is 13.8 Å². The number of rotatable bonds is 7. The molecule has 4 aromatic rings. The lowest BCUT2D eigenvalue weighted by Gasteiger charge is -2.10. The van der Waals surface area contributed by atoms with Gasteiger partial charge in [0, 0.05) is 22.7 Å². The molecular weight excluding hydrogens is 426 g/mol. The number of fused-ring (bicyclic) bond motifs is 1. The van der Waals surface area contributed by atoms with Crippen LogP contribution in [0.4, 0.5) is 5.69 Å². The Bertz CT molecular complexity index is 1330. The van der Waals surface area contributed by atoms with Gasteiger partial charge in [0.1, 0.15) is 17.3 Å². The molecule has 164 valence electrons. The SMILES string of the molecule is Cc1ccc(-c2c(C)sc3nc(COC(=O)c4ccccc4NCCO)[nH]c(=O)c23)cc1. The summed E-state index contributed by atoms with van der Waals surface area (Å²) in [7, 11) is 0. The molecule has 0 spiro atoms. The maximum atomic E-state index is 12.9. The van der Waals surface area contributed by atoms with Gasteiger partial charge < -0.3 is 20.1 Å². The fraction of sp³-hybridized carbons (Fsp3) is 0.208. The first kappa shape index (κ1) is 21.7. The molecule has 0 bridgehead atoms. The number of para-hydroxylation sites is 1. The number of benzene rings is 2. The van der Waals surface area contributed by atoms with E-state index in [4.69, 9.17) is 9.84 Å². The van der Waals surface area contributed by atoms with Gasteiger partial charge in [0.25, 0.3) is 5.56 Å². The molecule has 0 aliphatic heterocycles. The second-order valence-electron chi connectivity index (χ2n) is 7.36. The quantitative estimate of drug-likeness (QED) is 0.368. The first-order chi connectivity index (χ1) is 15.5. The van der Waals surface area contributed by atoms with Crippen LogP contribution < -0.4 is 10.9 Å². The zero-order chi connectivity index (χ0) is 22.7. The monoisotopic (exact) mass is 449 g/mol. The van der Waals surface area contributed by atoms with E-state index in [1.54, 1.807) is 24.3 Å². The largest absolute Gasteiger partial charge is 0.454 e. The van der Waals surface area contributed by atoms with Crippen molar-refractivity contribution < 1.29 is 14.6 Å². The van der Waals surface area contributed by atoms with Crippen molar-refractivity contribution in [2.24, 2.45) is 0 Å². The predicted molar refractivity (Wildman–Crippen MR) is 126 cm³/mol. The number of H-pyrrole nitrogens is 1. The third-order valence-corrected chi connectivity index (χ3v) is 6.04. The maximum absolute atomic E-state index is 12.9. The third kappa shape index (κ3) is 4.42. The molecule has 0 radical (unpaired) electrons. The summed E-state index contributed by atoms with van der Waals surface area (Å²) in [4.78, 5) is 34.4. The van der Waals surface area contributed by atoms with Crippen molar-refractivity contribution in [1.29, 1.82) is 0 Å². The number of thiophene rings is 1. The minimum Gasteiger partial charge on any atom is -0.454 e. The molecule has 0 unspecified atom stereocenters. The van der Waals surface area contributed by atoms with Crippen LogP contribution >= 0.6 is 11.3 Å². The van der Waals surface area contributed by atoms with Crippen molar-refractivity contribution in [3.8, 4) is 11.1 Å². The highest BCUT2D eigenvalue weighted by atomic mass is 32.1. The summed E-state index contributed by atoms with van der Waals surface area (Å²) in [5, 5.41) is 12.5. The van der Waals surface area contributed by atoms with Crippen LogP contribution in [0.3, 0.4) is 0 Å². The smallest absolute Gasteiger partial charge is 0.340 e. The summed E-state index contributed by atoms with van der Waals surface area (Å²) in [6.45, 7) is 4.09. The molecule has 3 N–H and O–H groups in total. The molecule has 0 aliphatic carbocycles. The molecule has 7 nitrogen and oxygen atoms in total. The fourth-order valence-electron chi connectivity index (χ4n) is 3.52. The molecule has 2 heterocycles. The van der Waals surface area contributed by atoms with Crippen molar-refractivity contribution in [3.63, 3.8) is 0 Å². The number of ether oxygens (including phenoxy) is 1. The van der Waals surface area contributed by atoms with E-state index < -0.39 is 5.97 Å². The predicted octanol–water partition coefficient (Wildman–Crippen LogP) is 4.03. The van der Waals surface area contributed by atoms with Crippen LogP contribution in [0.25, 0.3) is 21.3 Å². The summed E-state index contributed by atoms with van der Waals surface area (Å²) < 4.78 is 5.40. The number of aromatic nitrogens is 2. The summed E-state index contributed by atoms with van der Waals surface area (Å²) >= 11 is 1.44. The number of aromatic amines is 1. The standard InChI is InChI=1S/C24H23N3O4S/c1-14-7-9-16(10-8-14)20-15(2)32-23-21(20)22(29)26-19(27-23)13-31-24(30)17-5-3-4-6-18(17)25-11-12-28/h3-10,25,28H,11-13H2,1-2H3,(H,26,27,29). The number of carbonyl (C=O) groups is 1. The zero-order valence-electron chi connectivity index (χ0n) is 17.8. The van der Waals surface area contributed by atoms with E-state index in [0.717, 1.165) is 21.6 Å². The van der Waals surface area contributed by atoms with Crippen LogP contribution in [-0.2, 0) is 11.3 Å². The summed E-state index contributed by atoms with van der Waals surface area (Å²) in [6.07, 6.45) is 0. The molecular formula is C24H23N3O4S. The second kappa shape index (κ2) is 9.33. The molecule has 8 heteroatoms. The molecule has 32 heavy (non-hydrogen) atoms. The number of anilines is 1. The van der Waals surface area contributed by atoms with Crippen LogP contribution in [-0.4, -0.2) is 34.2 Å². The highest BCUT2D eigenvalue weighted by Gasteiger charge is 2.18. The number of esters is 1. The van der Waals surface area contributed by atoms with E-state index in [9.17, 15) is 9.59 Å². The molecule has 4 rings (SSSR count). The number of aliphatic hydroxyl groups excluding tert-OH is 1. The molecule has 0 saturated carbocycles. The number of hydrogen-bond donors (Lipinski definition) is 3. The minimum absolute atomic E-state index is 0.0562. The van der Waals surface area contributed by atoms with Gasteiger partial charge in [-0.25, -0.2) is 9.78 Å². The maximum Gasteiger partial charge on any atom is 0.340 e. The average molecular weight is 450 g/mol. The van der Waals surface area contributed by atoms with Gasteiger partial charge in [0.15, 0.2) is 0 Å². The fourth-order valence-corrected chi connectivity index (χ4v) is 4.58. The molecule has 0 fully saturated rings. The molecule has 0 amide bonds. The summed E-state index contributed by atoms with van der Waals surface area (Å²) in [5.41, 5.74) is 3.66. The van der Waals surface area contributed by atoms with Crippen LogP contribution in [0.1, 0.15) is 26.6 Å². The van der Waals surface area contributed by atoms with E-state index in [-0.39, 0.29) is 24.6 Å². The van der Waals surface area contributed by atoms with Gasteiger partial charge in [0.05, 0.1) is 17.6 Å². The van der Waals surface area contributed by atoms with E-state index in [1.165, 1.54) is 11.3 Å². The Morgan fingerprint density at radius 1 is 1.16 bits per heavy atom.